The van der Waals surface area contributed by atoms with Gasteiger partial charge in [0.05, 0.1) is 13.2 Å². The van der Waals surface area contributed by atoms with Crippen LogP contribution in [0.4, 0.5) is 4.39 Å². The molecule has 0 N–H and O–H groups in total. The van der Waals surface area contributed by atoms with Crippen molar-refractivity contribution in [2.75, 3.05) is 39.3 Å². The van der Waals surface area contributed by atoms with Crippen LogP contribution in [0.5, 0.6) is 0 Å². The van der Waals surface area contributed by atoms with Crippen molar-refractivity contribution in [2.45, 2.75) is 32.6 Å². The fraction of sp³-hybridized carbons (Fsp3) is 0.440. The van der Waals surface area contributed by atoms with Crippen LogP contribution in [0.15, 0.2) is 54.6 Å². The second-order valence-electron chi connectivity index (χ2n) is 8.98. The Labute approximate surface area is 199 Å². The van der Waals surface area contributed by atoms with Gasteiger partial charge < -0.3 is 0 Å². The Kier molecular flexibility index (Phi) is 6.96. The molecule has 0 bridgehead atoms. The summed E-state index contributed by atoms with van der Waals surface area (Å²) in [6.07, 6.45) is 2.51. The highest BCUT2D eigenvalue weighted by molar-refractivity contribution is 7.71. The van der Waals surface area contributed by atoms with Gasteiger partial charge in [0.1, 0.15) is 5.82 Å². The lowest BCUT2D eigenvalue weighted by atomic mass is 10.2. The molecule has 0 radical (unpaired) electrons. The lowest BCUT2D eigenvalue weighted by molar-refractivity contribution is 0.0972. The van der Waals surface area contributed by atoms with Crippen LogP contribution in [0.25, 0.3) is 5.69 Å². The van der Waals surface area contributed by atoms with Gasteiger partial charge in [0.15, 0.2) is 5.82 Å². The molecule has 0 atom stereocenters. The first-order valence-electron chi connectivity index (χ1n) is 11.8. The summed E-state index contributed by atoms with van der Waals surface area (Å²) in [4.78, 5) is 7.16. The van der Waals surface area contributed by atoms with Gasteiger partial charge in [-0.25, -0.2) is 9.07 Å². The molecule has 2 saturated heterocycles. The maximum Gasteiger partial charge on any atom is 0.203 e. The molecule has 2 aliphatic rings. The van der Waals surface area contributed by atoms with E-state index in [-0.39, 0.29) is 5.82 Å². The Morgan fingerprint density at radius 1 is 0.758 bits per heavy atom. The van der Waals surface area contributed by atoms with Crippen molar-refractivity contribution in [3.63, 3.8) is 0 Å². The quantitative estimate of drug-likeness (QED) is 0.493. The van der Waals surface area contributed by atoms with Crippen molar-refractivity contribution in [1.29, 1.82) is 0 Å². The molecule has 0 amide bonds. The zero-order chi connectivity index (χ0) is 22.6. The molecular formula is C25H31FN6S. The van der Waals surface area contributed by atoms with E-state index in [0.717, 1.165) is 67.7 Å². The molecule has 0 saturated carbocycles. The zero-order valence-electron chi connectivity index (χ0n) is 18.9. The molecule has 5 rings (SSSR count). The van der Waals surface area contributed by atoms with Crippen molar-refractivity contribution in [3.8, 4) is 5.69 Å². The van der Waals surface area contributed by atoms with Crippen LogP contribution in [0.2, 0.25) is 0 Å². The first-order chi connectivity index (χ1) is 16.2. The maximum atomic E-state index is 14.0. The van der Waals surface area contributed by atoms with Gasteiger partial charge in [-0.3, -0.25) is 19.3 Å². The standard InChI is InChI=1S/C25H31FN6S/c26-23-11-5-4-8-21(23)18-29-14-16-30(17-15-29)20-31-25(33)32(22-9-2-1-3-10-22)24(27-31)19-28-12-6-7-13-28/h1-5,8-11H,6-7,12-20H2. The van der Waals surface area contributed by atoms with E-state index in [1.165, 1.54) is 18.9 Å². The Morgan fingerprint density at radius 3 is 2.12 bits per heavy atom. The van der Waals surface area contributed by atoms with Gasteiger partial charge in [-0.05, 0) is 56.3 Å². The second kappa shape index (κ2) is 10.3. The van der Waals surface area contributed by atoms with E-state index >= 15 is 0 Å². The summed E-state index contributed by atoms with van der Waals surface area (Å²) in [5, 5.41) is 4.97. The van der Waals surface area contributed by atoms with Gasteiger partial charge in [0.25, 0.3) is 0 Å². The average Bonchev–Trinajstić information content (AvgIpc) is 3.45. The van der Waals surface area contributed by atoms with Crippen molar-refractivity contribution in [3.05, 3.63) is 76.6 Å². The molecular weight excluding hydrogens is 435 g/mol. The number of rotatable bonds is 7. The third-order valence-corrected chi connectivity index (χ3v) is 7.03. The SMILES string of the molecule is Fc1ccccc1CN1CCN(Cn2nc(CN3CCCC3)n(-c3ccccc3)c2=S)CC1. The number of para-hydroxylation sites is 1. The van der Waals surface area contributed by atoms with Crippen molar-refractivity contribution < 1.29 is 4.39 Å². The summed E-state index contributed by atoms with van der Waals surface area (Å²) < 4.78 is 18.9. The molecule has 2 aliphatic heterocycles. The molecule has 0 unspecified atom stereocenters. The highest BCUT2D eigenvalue weighted by atomic mass is 32.1. The predicted octanol–water partition coefficient (Wildman–Crippen LogP) is 3.91. The van der Waals surface area contributed by atoms with Crippen molar-refractivity contribution in [2.24, 2.45) is 0 Å². The van der Waals surface area contributed by atoms with E-state index < -0.39 is 0 Å². The molecule has 0 aliphatic carbocycles. The highest BCUT2D eigenvalue weighted by Gasteiger charge is 2.22. The fourth-order valence-electron chi connectivity index (χ4n) is 4.77. The molecule has 8 heteroatoms. The van der Waals surface area contributed by atoms with Crippen LogP contribution in [0.1, 0.15) is 24.2 Å². The average molecular weight is 467 g/mol. The number of benzene rings is 2. The summed E-state index contributed by atoms with van der Waals surface area (Å²) in [6, 6.07) is 17.4. The largest absolute Gasteiger partial charge is 0.296 e. The van der Waals surface area contributed by atoms with E-state index in [9.17, 15) is 4.39 Å². The first kappa shape index (κ1) is 22.4. The minimum Gasteiger partial charge on any atom is -0.296 e. The van der Waals surface area contributed by atoms with Crippen LogP contribution in [-0.4, -0.2) is 68.3 Å². The maximum absolute atomic E-state index is 14.0. The van der Waals surface area contributed by atoms with Crippen LogP contribution < -0.4 is 0 Å². The molecule has 3 heterocycles. The number of piperazine rings is 1. The van der Waals surface area contributed by atoms with Gasteiger partial charge in [0.2, 0.25) is 4.77 Å². The minimum atomic E-state index is -0.122. The summed E-state index contributed by atoms with van der Waals surface area (Å²) >= 11 is 5.89. The third kappa shape index (κ3) is 5.24. The molecule has 174 valence electrons. The van der Waals surface area contributed by atoms with Gasteiger partial charge in [-0.15, -0.1) is 0 Å². The minimum absolute atomic E-state index is 0.122. The monoisotopic (exact) mass is 466 g/mol. The number of hydrogen-bond donors (Lipinski definition) is 0. The summed E-state index contributed by atoms with van der Waals surface area (Å²) in [5.74, 6) is 0.884. The number of hydrogen-bond acceptors (Lipinski definition) is 5. The van der Waals surface area contributed by atoms with Crippen molar-refractivity contribution >= 4 is 12.2 Å². The van der Waals surface area contributed by atoms with Crippen LogP contribution in [0, 0.1) is 10.6 Å². The van der Waals surface area contributed by atoms with E-state index in [4.69, 9.17) is 17.3 Å². The molecule has 2 fully saturated rings. The van der Waals surface area contributed by atoms with E-state index in [0.29, 0.717) is 13.2 Å². The molecule has 1 aromatic heterocycles. The summed E-state index contributed by atoms with van der Waals surface area (Å²) in [6.45, 7) is 8.04. The normalized spacial score (nSPS) is 18.2. The summed E-state index contributed by atoms with van der Waals surface area (Å²) in [5.41, 5.74) is 1.83. The Bertz CT molecular complexity index is 1110. The number of aromatic nitrogens is 3. The lowest BCUT2D eigenvalue weighted by Crippen LogP contribution is -2.46. The topological polar surface area (TPSA) is 32.5 Å². The van der Waals surface area contributed by atoms with Crippen LogP contribution >= 0.6 is 12.2 Å². The second-order valence-corrected chi connectivity index (χ2v) is 9.34. The van der Waals surface area contributed by atoms with E-state index in [1.807, 2.05) is 35.0 Å². The number of nitrogens with zero attached hydrogens (tertiary/aromatic N) is 6. The number of likely N-dealkylation sites (tertiary alicyclic amines) is 1. The summed E-state index contributed by atoms with van der Waals surface area (Å²) in [7, 11) is 0. The van der Waals surface area contributed by atoms with E-state index in [2.05, 4.69) is 31.4 Å². The van der Waals surface area contributed by atoms with E-state index in [1.54, 1.807) is 6.07 Å². The first-order valence-corrected chi connectivity index (χ1v) is 12.2. The third-order valence-electron chi connectivity index (χ3n) is 6.64. The molecule has 3 aromatic rings. The van der Waals surface area contributed by atoms with Crippen molar-refractivity contribution in [1.82, 2.24) is 29.0 Å². The smallest absolute Gasteiger partial charge is 0.203 e. The van der Waals surface area contributed by atoms with Gasteiger partial charge in [-0.2, -0.15) is 5.10 Å². The number of halogens is 1. The fourth-order valence-corrected chi connectivity index (χ4v) is 5.08. The van der Waals surface area contributed by atoms with Crippen LogP contribution in [-0.2, 0) is 19.8 Å². The predicted molar refractivity (Wildman–Crippen MR) is 130 cm³/mol. The molecule has 6 nitrogen and oxygen atoms in total. The molecule has 33 heavy (non-hydrogen) atoms. The lowest BCUT2D eigenvalue weighted by Gasteiger charge is -2.34. The Hall–Kier alpha value is -2.39. The Balaban J connectivity index is 1.28. The zero-order valence-corrected chi connectivity index (χ0v) is 19.8. The highest BCUT2D eigenvalue weighted by Crippen LogP contribution is 2.18. The molecule has 0 spiro atoms. The Morgan fingerprint density at radius 2 is 1.39 bits per heavy atom. The van der Waals surface area contributed by atoms with Gasteiger partial charge in [0, 0.05) is 44.0 Å². The van der Waals surface area contributed by atoms with Crippen LogP contribution in [0.3, 0.4) is 0 Å². The molecule has 2 aromatic carbocycles. The van der Waals surface area contributed by atoms with Gasteiger partial charge in [-0.1, -0.05) is 36.4 Å². The van der Waals surface area contributed by atoms with Gasteiger partial charge >= 0.3 is 0 Å².